The van der Waals surface area contributed by atoms with Gasteiger partial charge in [0.2, 0.25) is 0 Å². The molecule has 0 aliphatic carbocycles. The number of likely N-dealkylation sites (tertiary alicyclic amines) is 1. The van der Waals surface area contributed by atoms with Gasteiger partial charge >= 0.3 is 0 Å². The van der Waals surface area contributed by atoms with E-state index >= 15 is 0 Å². The summed E-state index contributed by atoms with van der Waals surface area (Å²) in [4.78, 5) is 18.6. The van der Waals surface area contributed by atoms with Crippen LogP contribution in [0.5, 0.6) is 0 Å². The highest BCUT2D eigenvalue weighted by Crippen LogP contribution is 2.19. The number of aromatic nitrogens is 1. The second-order valence-electron chi connectivity index (χ2n) is 4.88. The smallest absolute Gasteiger partial charge is 0.253 e. The Morgan fingerprint density at radius 1 is 1.26 bits per heavy atom. The monoisotopic (exact) mass is 274 g/mol. The van der Waals surface area contributed by atoms with Crippen LogP contribution in [0.1, 0.15) is 23.2 Å². The normalized spacial score (nSPS) is 16.8. The van der Waals surface area contributed by atoms with E-state index in [4.69, 9.17) is 11.6 Å². The molecule has 0 bridgehead atoms. The molecule has 1 saturated heterocycles. The van der Waals surface area contributed by atoms with Gasteiger partial charge in [0.25, 0.3) is 5.91 Å². The van der Waals surface area contributed by atoms with E-state index in [2.05, 4.69) is 4.98 Å². The minimum Gasteiger partial charge on any atom is -0.339 e. The van der Waals surface area contributed by atoms with Crippen LogP contribution in [0.15, 0.2) is 36.5 Å². The first-order valence-corrected chi connectivity index (χ1v) is 6.96. The number of hydrogen-bond donors (Lipinski definition) is 0. The SMILES string of the molecule is O=C(c1ccc2ncccc2c1)N1CCC(Cl)CC1. The van der Waals surface area contributed by atoms with Gasteiger partial charge in [0.1, 0.15) is 0 Å². The molecule has 0 saturated carbocycles. The molecule has 4 heteroatoms. The van der Waals surface area contributed by atoms with Crippen LogP contribution in [-0.4, -0.2) is 34.3 Å². The fourth-order valence-electron chi connectivity index (χ4n) is 2.44. The molecule has 1 aromatic heterocycles. The maximum Gasteiger partial charge on any atom is 0.253 e. The molecule has 19 heavy (non-hydrogen) atoms. The molecular weight excluding hydrogens is 260 g/mol. The zero-order chi connectivity index (χ0) is 13.2. The summed E-state index contributed by atoms with van der Waals surface area (Å²) in [6, 6.07) is 9.53. The highest BCUT2D eigenvalue weighted by Gasteiger charge is 2.22. The Morgan fingerprint density at radius 3 is 2.84 bits per heavy atom. The molecule has 2 heterocycles. The fraction of sp³-hybridized carbons (Fsp3) is 0.333. The molecule has 2 aromatic rings. The van der Waals surface area contributed by atoms with Crippen LogP contribution in [0.4, 0.5) is 0 Å². The van der Waals surface area contributed by atoms with Gasteiger partial charge in [-0.2, -0.15) is 0 Å². The van der Waals surface area contributed by atoms with Crippen LogP contribution in [0.3, 0.4) is 0 Å². The second kappa shape index (κ2) is 5.17. The van der Waals surface area contributed by atoms with Gasteiger partial charge in [-0.3, -0.25) is 9.78 Å². The molecular formula is C15H15ClN2O. The van der Waals surface area contributed by atoms with Crippen molar-refractivity contribution in [2.45, 2.75) is 18.2 Å². The van der Waals surface area contributed by atoms with Gasteiger partial charge in [-0.15, -0.1) is 11.6 Å². The van der Waals surface area contributed by atoms with E-state index in [1.165, 1.54) is 0 Å². The average Bonchev–Trinajstić information content (AvgIpc) is 2.47. The summed E-state index contributed by atoms with van der Waals surface area (Å²) in [6.07, 6.45) is 3.51. The number of carbonyl (C=O) groups is 1. The van der Waals surface area contributed by atoms with Gasteiger partial charge in [-0.05, 0) is 37.1 Å². The van der Waals surface area contributed by atoms with E-state index < -0.39 is 0 Å². The van der Waals surface area contributed by atoms with Crippen molar-refractivity contribution < 1.29 is 4.79 Å². The zero-order valence-corrected chi connectivity index (χ0v) is 11.3. The quantitative estimate of drug-likeness (QED) is 0.749. The van der Waals surface area contributed by atoms with Crippen molar-refractivity contribution >= 4 is 28.4 Å². The van der Waals surface area contributed by atoms with Gasteiger partial charge in [0.05, 0.1) is 5.52 Å². The Balaban J connectivity index is 1.85. The molecule has 1 amide bonds. The molecule has 1 aliphatic heterocycles. The maximum atomic E-state index is 12.4. The molecule has 3 rings (SSSR count). The van der Waals surface area contributed by atoms with E-state index in [1.807, 2.05) is 35.2 Å². The van der Waals surface area contributed by atoms with Crippen molar-refractivity contribution in [2.75, 3.05) is 13.1 Å². The first-order valence-electron chi connectivity index (χ1n) is 6.52. The summed E-state index contributed by atoms with van der Waals surface area (Å²) in [6.45, 7) is 1.50. The Bertz CT molecular complexity index is 606. The molecule has 0 unspecified atom stereocenters. The third kappa shape index (κ3) is 2.56. The lowest BCUT2D eigenvalue weighted by Crippen LogP contribution is -2.38. The average molecular weight is 275 g/mol. The summed E-state index contributed by atoms with van der Waals surface area (Å²) >= 11 is 6.06. The van der Waals surface area contributed by atoms with Gasteiger partial charge in [0.15, 0.2) is 0 Å². The zero-order valence-electron chi connectivity index (χ0n) is 10.6. The van der Waals surface area contributed by atoms with Crippen molar-refractivity contribution in [3.05, 3.63) is 42.1 Å². The standard InChI is InChI=1S/C15H15ClN2O/c16-13-5-8-18(9-6-13)15(19)12-3-4-14-11(10-12)2-1-7-17-14/h1-4,7,10,13H,5-6,8-9H2. The fourth-order valence-corrected chi connectivity index (χ4v) is 2.64. The molecule has 0 radical (unpaired) electrons. The maximum absolute atomic E-state index is 12.4. The third-order valence-electron chi connectivity index (χ3n) is 3.56. The summed E-state index contributed by atoms with van der Waals surface area (Å²) in [5.74, 6) is 0.0920. The van der Waals surface area contributed by atoms with Crippen molar-refractivity contribution in [1.82, 2.24) is 9.88 Å². The Hall–Kier alpha value is -1.61. The number of alkyl halides is 1. The molecule has 1 fully saturated rings. The van der Waals surface area contributed by atoms with Crippen LogP contribution in [0.25, 0.3) is 10.9 Å². The van der Waals surface area contributed by atoms with Crippen LogP contribution in [0, 0.1) is 0 Å². The summed E-state index contributed by atoms with van der Waals surface area (Å²) in [5, 5.41) is 1.21. The predicted octanol–water partition coefficient (Wildman–Crippen LogP) is 3.08. The van der Waals surface area contributed by atoms with Gasteiger partial charge < -0.3 is 4.90 Å². The molecule has 1 aliphatic rings. The molecule has 0 spiro atoms. The molecule has 1 aromatic carbocycles. The number of rotatable bonds is 1. The number of halogens is 1. The number of pyridine rings is 1. The van der Waals surface area contributed by atoms with Gasteiger partial charge in [0, 0.05) is 35.6 Å². The molecule has 98 valence electrons. The number of piperidine rings is 1. The van der Waals surface area contributed by atoms with Crippen molar-refractivity contribution in [3.63, 3.8) is 0 Å². The third-order valence-corrected chi connectivity index (χ3v) is 4.00. The lowest BCUT2D eigenvalue weighted by atomic mass is 10.1. The Kier molecular flexibility index (Phi) is 3.38. The lowest BCUT2D eigenvalue weighted by Gasteiger charge is -2.29. The first-order chi connectivity index (χ1) is 9.24. The van der Waals surface area contributed by atoms with Crippen LogP contribution >= 0.6 is 11.6 Å². The largest absolute Gasteiger partial charge is 0.339 e. The number of nitrogens with zero attached hydrogens (tertiary/aromatic N) is 2. The number of hydrogen-bond acceptors (Lipinski definition) is 2. The summed E-state index contributed by atoms with van der Waals surface area (Å²) in [5.41, 5.74) is 1.65. The van der Waals surface area contributed by atoms with E-state index in [0.717, 1.165) is 42.4 Å². The Morgan fingerprint density at radius 2 is 2.05 bits per heavy atom. The second-order valence-corrected chi connectivity index (χ2v) is 5.49. The first kappa shape index (κ1) is 12.4. The van der Waals surface area contributed by atoms with E-state index in [-0.39, 0.29) is 11.3 Å². The minimum absolute atomic E-state index is 0.0920. The van der Waals surface area contributed by atoms with Gasteiger partial charge in [-0.1, -0.05) is 6.07 Å². The van der Waals surface area contributed by atoms with Gasteiger partial charge in [-0.25, -0.2) is 0 Å². The summed E-state index contributed by atoms with van der Waals surface area (Å²) < 4.78 is 0. The minimum atomic E-state index is 0.0920. The van der Waals surface area contributed by atoms with E-state index in [0.29, 0.717) is 0 Å². The molecule has 0 atom stereocenters. The highest BCUT2D eigenvalue weighted by atomic mass is 35.5. The van der Waals surface area contributed by atoms with Crippen molar-refractivity contribution in [3.8, 4) is 0 Å². The van der Waals surface area contributed by atoms with Crippen LogP contribution < -0.4 is 0 Å². The van der Waals surface area contributed by atoms with Crippen molar-refractivity contribution in [2.24, 2.45) is 0 Å². The number of fused-ring (bicyclic) bond motifs is 1. The molecule has 0 N–H and O–H groups in total. The predicted molar refractivity (Wildman–Crippen MR) is 76.5 cm³/mol. The Labute approximate surface area is 117 Å². The van der Waals surface area contributed by atoms with Crippen LogP contribution in [-0.2, 0) is 0 Å². The lowest BCUT2D eigenvalue weighted by molar-refractivity contribution is 0.0726. The number of benzene rings is 1. The highest BCUT2D eigenvalue weighted by molar-refractivity contribution is 6.20. The van der Waals surface area contributed by atoms with E-state index in [1.54, 1.807) is 6.20 Å². The van der Waals surface area contributed by atoms with E-state index in [9.17, 15) is 4.79 Å². The number of carbonyl (C=O) groups excluding carboxylic acids is 1. The number of amides is 1. The van der Waals surface area contributed by atoms with Crippen LogP contribution in [0.2, 0.25) is 0 Å². The molecule has 3 nitrogen and oxygen atoms in total. The topological polar surface area (TPSA) is 33.2 Å². The summed E-state index contributed by atoms with van der Waals surface area (Å²) in [7, 11) is 0. The van der Waals surface area contributed by atoms with Crippen molar-refractivity contribution in [1.29, 1.82) is 0 Å².